The molecule has 0 spiro atoms. The molecule has 0 radical (unpaired) electrons. The molecule has 4 aromatic rings. The lowest BCUT2D eigenvalue weighted by molar-refractivity contribution is 0.0953. The van der Waals surface area contributed by atoms with Crippen molar-refractivity contribution in [3.8, 4) is 5.75 Å². The van der Waals surface area contributed by atoms with Crippen LogP contribution in [0.5, 0.6) is 5.75 Å². The van der Waals surface area contributed by atoms with Gasteiger partial charge in [0.15, 0.2) is 0 Å². The van der Waals surface area contributed by atoms with E-state index >= 15 is 0 Å². The van der Waals surface area contributed by atoms with Gasteiger partial charge in [-0.15, -0.1) is 11.7 Å². The monoisotopic (exact) mass is 542 g/mol. The van der Waals surface area contributed by atoms with Crippen molar-refractivity contribution in [1.82, 2.24) is 9.99 Å². The molecule has 0 aliphatic heterocycles. The van der Waals surface area contributed by atoms with E-state index in [0.29, 0.717) is 16.2 Å². The van der Waals surface area contributed by atoms with Crippen molar-refractivity contribution >= 4 is 54.8 Å². The predicted octanol–water partition coefficient (Wildman–Crippen LogP) is 4.53. The topological polar surface area (TPSA) is 93.0 Å². The van der Waals surface area contributed by atoms with Gasteiger partial charge in [0.25, 0.3) is 15.9 Å². The van der Waals surface area contributed by atoms with Gasteiger partial charge < -0.3 is 9.30 Å². The average molecular weight is 543 g/mol. The Hall–Kier alpha value is -3.60. The summed E-state index contributed by atoms with van der Waals surface area (Å²) in [5.41, 5.74) is 3.78. The number of nitrogens with one attached hydrogen (secondary N) is 1. The largest absolute Gasteiger partial charge is 0.495 e. The Morgan fingerprint density at radius 2 is 1.92 bits per heavy atom. The zero-order valence-electron chi connectivity index (χ0n) is 19.5. The summed E-state index contributed by atoms with van der Waals surface area (Å²) >= 11 is 7.68. The quantitative estimate of drug-likeness (QED) is 0.261. The van der Waals surface area contributed by atoms with E-state index in [0.717, 1.165) is 14.5 Å². The molecule has 1 heterocycles. The molecule has 11 heteroatoms. The van der Waals surface area contributed by atoms with Crippen LogP contribution < -0.4 is 19.3 Å². The van der Waals surface area contributed by atoms with E-state index < -0.39 is 15.9 Å². The van der Waals surface area contributed by atoms with E-state index in [1.54, 1.807) is 24.3 Å². The number of amides is 1. The number of para-hydroxylation sites is 3. The number of benzene rings is 3. The van der Waals surface area contributed by atoms with Crippen LogP contribution in [-0.4, -0.2) is 32.5 Å². The number of methoxy groups -OCH3 is 1. The van der Waals surface area contributed by atoms with E-state index in [4.69, 9.17) is 16.3 Å². The Morgan fingerprint density at radius 1 is 1.19 bits per heavy atom. The second-order valence-corrected chi connectivity index (χ2v) is 10.9. The molecule has 1 aromatic heterocycles. The number of anilines is 1. The van der Waals surface area contributed by atoms with Crippen LogP contribution in [0.2, 0.25) is 5.02 Å². The number of ether oxygens (including phenoxy) is 1. The summed E-state index contributed by atoms with van der Waals surface area (Å²) in [5, 5.41) is 4.31. The summed E-state index contributed by atoms with van der Waals surface area (Å²) in [6.07, 6.45) is 1.47. The van der Waals surface area contributed by atoms with Crippen LogP contribution in [0.4, 0.5) is 5.69 Å². The highest BCUT2D eigenvalue weighted by Gasteiger charge is 2.28. The minimum Gasteiger partial charge on any atom is -0.495 e. The molecule has 0 fully saturated rings. The molecule has 3 aromatic carbocycles. The molecular weight excluding hydrogens is 520 g/mol. The first-order valence-electron chi connectivity index (χ1n) is 10.7. The van der Waals surface area contributed by atoms with Crippen LogP contribution in [0.1, 0.15) is 10.4 Å². The fourth-order valence-electron chi connectivity index (χ4n) is 3.59. The third-order valence-corrected chi connectivity index (χ3v) is 8.61. The van der Waals surface area contributed by atoms with Crippen molar-refractivity contribution in [2.75, 3.05) is 18.0 Å². The summed E-state index contributed by atoms with van der Waals surface area (Å²) in [5.74, 6) is -0.257. The molecule has 186 valence electrons. The molecule has 0 aliphatic rings. The Labute approximate surface area is 217 Å². The van der Waals surface area contributed by atoms with Gasteiger partial charge in [-0.2, -0.15) is 0 Å². The van der Waals surface area contributed by atoms with Crippen LogP contribution in [0.25, 0.3) is 10.2 Å². The predicted molar refractivity (Wildman–Crippen MR) is 143 cm³/mol. The van der Waals surface area contributed by atoms with Gasteiger partial charge in [-0.05, 0) is 42.5 Å². The first-order chi connectivity index (χ1) is 17.3. The lowest BCUT2D eigenvalue weighted by Gasteiger charge is -2.25. The summed E-state index contributed by atoms with van der Waals surface area (Å²) < 4.78 is 36.6. The summed E-state index contributed by atoms with van der Waals surface area (Å²) in [6.45, 7) is 3.67. The van der Waals surface area contributed by atoms with Crippen molar-refractivity contribution in [2.24, 2.45) is 12.1 Å². The number of nitrogens with zero attached hydrogens (tertiary/aromatic N) is 3. The molecule has 0 aliphatic carbocycles. The van der Waals surface area contributed by atoms with Crippen LogP contribution in [0.15, 0.2) is 89.4 Å². The number of rotatable bonds is 8. The number of aromatic nitrogens is 1. The summed E-state index contributed by atoms with van der Waals surface area (Å²) in [7, 11) is -0.798. The summed E-state index contributed by atoms with van der Waals surface area (Å²) in [6, 6.07) is 18.5. The molecule has 0 saturated carbocycles. The zero-order valence-corrected chi connectivity index (χ0v) is 21.9. The number of fused-ring (bicyclic) bond motifs is 1. The van der Waals surface area contributed by atoms with Crippen molar-refractivity contribution in [3.05, 3.63) is 94.8 Å². The first kappa shape index (κ1) is 25.5. The van der Waals surface area contributed by atoms with Crippen molar-refractivity contribution in [1.29, 1.82) is 0 Å². The molecule has 0 unspecified atom stereocenters. The van der Waals surface area contributed by atoms with Crippen molar-refractivity contribution in [2.45, 2.75) is 4.90 Å². The normalized spacial score (nSPS) is 11.9. The maximum absolute atomic E-state index is 13.6. The molecule has 0 atom stereocenters. The van der Waals surface area contributed by atoms with Gasteiger partial charge in [0.1, 0.15) is 5.75 Å². The van der Waals surface area contributed by atoms with E-state index in [9.17, 15) is 13.2 Å². The van der Waals surface area contributed by atoms with E-state index in [-0.39, 0.29) is 22.0 Å². The van der Waals surface area contributed by atoms with Gasteiger partial charge in [-0.3, -0.25) is 9.10 Å². The van der Waals surface area contributed by atoms with Crippen molar-refractivity contribution < 1.29 is 17.9 Å². The second kappa shape index (κ2) is 10.6. The number of aryl methyl sites for hydroxylation is 1. The molecule has 4 rings (SSSR count). The Kier molecular flexibility index (Phi) is 7.48. The van der Waals surface area contributed by atoms with Crippen LogP contribution in [0, 0.1) is 0 Å². The van der Waals surface area contributed by atoms with Gasteiger partial charge in [0, 0.05) is 7.05 Å². The highest BCUT2D eigenvalue weighted by Crippen LogP contribution is 2.33. The smallest absolute Gasteiger partial charge is 0.273 e. The minimum absolute atomic E-state index is 0.00929. The maximum Gasteiger partial charge on any atom is 0.273 e. The first-order valence-corrected chi connectivity index (χ1v) is 13.4. The number of thiazole rings is 1. The molecule has 36 heavy (non-hydrogen) atoms. The molecule has 0 bridgehead atoms. The molecule has 8 nitrogen and oxygen atoms in total. The Morgan fingerprint density at radius 3 is 2.64 bits per heavy atom. The van der Waals surface area contributed by atoms with Crippen LogP contribution in [0.3, 0.4) is 0 Å². The maximum atomic E-state index is 13.6. The van der Waals surface area contributed by atoms with Crippen LogP contribution >= 0.6 is 22.9 Å². The number of carbonyl (C=O) groups excluding carboxylic acids is 1. The fourth-order valence-corrected chi connectivity index (χ4v) is 6.25. The minimum atomic E-state index is -4.10. The summed E-state index contributed by atoms with van der Waals surface area (Å²) in [4.78, 5) is 13.4. The van der Waals surface area contributed by atoms with Crippen LogP contribution in [-0.2, 0) is 17.1 Å². The van der Waals surface area contributed by atoms with E-state index in [2.05, 4.69) is 17.1 Å². The molecule has 0 saturated heterocycles. The Balaban J connectivity index is 1.70. The van der Waals surface area contributed by atoms with Gasteiger partial charge in [0.2, 0.25) is 4.80 Å². The van der Waals surface area contributed by atoms with Gasteiger partial charge in [-0.1, -0.05) is 53.3 Å². The lowest BCUT2D eigenvalue weighted by atomic mass is 10.2. The molecule has 1 N–H and O–H groups in total. The zero-order chi connectivity index (χ0) is 25.9. The number of halogens is 1. The number of hydrogen-bond acceptors (Lipinski definition) is 6. The molecule has 1 amide bonds. The van der Waals surface area contributed by atoms with E-state index in [1.165, 1.54) is 42.7 Å². The highest BCUT2D eigenvalue weighted by molar-refractivity contribution is 7.92. The SMILES string of the molecule is C=CCN(c1ccccc1OC)S(=O)(=O)c1ccc(Cl)c(C(=O)NN=c2sc3ccccc3n2C)c1. The van der Waals surface area contributed by atoms with Gasteiger partial charge in [0.05, 0.1) is 45.0 Å². The molecular formula is C25H23ClN4O4S2. The Bertz CT molecular complexity index is 1630. The van der Waals surface area contributed by atoms with Gasteiger partial charge in [-0.25, -0.2) is 13.8 Å². The number of carbonyl (C=O) groups is 1. The fraction of sp³-hybridized carbons (Fsp3) is 0.120. The standard InChI is InChI=1S/C25H23ClN4O4S2/c1-4-15-30(20-9-5-7-11-22(20)34-3)36(32,33)17-13-14-19(26)18(16-17)24(31)27-28-25-29(2)21-10-6-8-12-23(21)35-25/h4-14,16H,1,15H2,2-3H3,(H,27,31). The van der Waals surface area contributed by atoms with E-state index in [1.807, 2.05) is 35.9 Å². The number of hydrogen-bond donors (Lipinski definition) is 1. The average Bonchev–Trinajstić information content (AvgIpc) is 3.21. The van der Waals surface area contributed by atoms with Gasteiger partial charge >= 0.3 is 0 Å². The number of sulfonamides is 1. The third kappa shape index (κ3) is 4.88. The van der Waals surface area contributed by atoms with Crippen molar-refractivity contribution in [3.63, 3.8) is 0 Å². The highest BCUT2D eigenvalue weighted by atomic mass is 35.5. The second-order valence-electron chi connectivity index (χ2n) is 7.60. The lowest BCUT2D eigenvalue weighted by Crippen LogP contribution is -2.32. The third-order valence-electron chi connectivity index (χ3n) is 5.39.